The van der Waals surface area contributed by atoms with Crippen LogP contribution in [0.4, 0.5) is 11.5 Å². The van der Waals surface area contributed by atoms with Crippen molar-refractivity contribution < 1.29 is 42.1 Å². The minimum absolute atomic E-state index is 0.00282. The zero-order valence-electron chi connectivity index (χ0n) is 26.6. The van der Waals surface area contributed by atoms with Crippen molar-refractivity contribution in [3.05, 3.63) is 59.9 Å². The first kappa shape index (κ1) is 36.2. The Morgan fingerprint density at radius 1 is 1.06 bits per heavy atom. The largest absolute Gasteiger partial charge is 0.489 e. The molecule has 0 saturated heterocycles. The van der Waals surface area contributed by atoms with Crippen LogP contribution >= 0.6 is 0 Å². The number of aryl methyl sites for hydroxylation is 1. The molecule has 0 radical (unpaired) electrons. The third kappa shape index (κ3) is 9.93. The Morgan fingerprint density at radius 2 is 1.79 bits per heavy atom. The van der Waals surface area contributed by atoms with Gasteiger partial charge in [0.1, 0.15) is 18.9 Å². The number of aromatic nitrogens is 2. The van der Waals surface area contributed by atoms with Gasteiger partial charge in [0.15, 0.2) is 11.5 Å². The second-order valence-corrected chi connectivity index (χ2v) is 12.7. The van der Waals surface area contributed by atoms with Gasteiger partial charge < -0.3 is 35.7 Å². The van der Waals surface area contributed by atoms with Gasteiger partial charge in [-0.25, -0.2) is 18.4 Å². The van der Waals surface area contributed by atoms with Gasteiger partial charge in [0.2, 0.25) is 15.9 Å². The van der Waals surface area contributed by atoms with Crippen LogP contribution in [0, 0.1) is 0 Å². The summed E-state index contributed by atoms with van der Waals surface area (Å²) in [6.45, 7) is 2.45. The van der Waals surface area contributed by atoms with Crippen LogP contribution in [-0.4, -0.2) is 98.2 Å². The Hall–Kier alpha value is -4.64. The van der Waals surface area contributed by atoms with E-state index in [1.54, 1.807) is 18.2 Å². The van der Waals surface area contributed by atoms with Crippen LogP contribution in [0.1, 0.15) is 42.2 Å². The van der Waals surface area contributed by atoms with Crippen LogP contribution in [0.15, 0.2) is 53.6 Å². The van der Waals surface area contributed by atoms with Crippen LogP contribution in [0.3, 0.4) is 0 Å². The molecule has 0 spiro atoms. The zero-order valence-corrected chi connectivity index (χ0v) is 27.5. The molecule has 16 heteroatoms. The van der Waals surface area contributed by atoms with E-state index in [0.29, 0.717) is 22.7 Å². The lowest BCUT2D eigenvalue weighted by Gasteiger charge is -2.22. The molecule has 3 aromatic rings. The average molecular weight is 685 g/mol. The average Bonchev–Trinajstić information content (AvgIpc) is 3.06. The molecule has 5 rings (SSSR count). The number of nitrogens with zero attached hydrogens (tertiary/aromatic N) is 3. The van der Waals surface area contributed by atoms with E-state index in [0.717, 1.165) is 18.4 Å². The molecule has 0 saturated carbocycles. The summed E-state index contributed by atoms with van der Waals surface area (Å²) >= 11 is 0. The maximum absolute atomic E-state index is 13.7. The molecule has 5 N–H and O–H groups in total. The van der Waals surface area contributed by atoms with Crippen molar-refractivity contribution in [2.24, 2.45) is 0 Å². The number of fused-ring (bicyclic) bond motifs is 13. The molecule has 4 bridgehead atoms. The number of benzene rings is 2. The van der Waals surface area contributed by atoms with Gasteiger partial charge in [-0.05, 0) is 36.6 Å². The maximum Gasteiger partial charge on any atom is 0.322 e. The Bertz CT molecular complexity index is 1690. The van der Waals surface area contributed by atoms with Gasteiger partial charge in [0, 0.05) is 25.1 Å². The number of carboxylic acids is 1. The van der Waals surface area contributed by atoms with Gasteiger partial charge in [0.05, 0.1) is 48.9 Å². The number of hydrogen-bond donors (Lipinski definition) is 4. The van der Waals surface area contributed by atoms with E-state index < -0.39 is 34.4 Å². The van der Waals surface area contributed by atoms with Gasteiger partial charge >= 0.3 is 5.97 Å². The van der Waals surface area contributed by atoms with Crippen LogP contribution in [0.2, 0.25) is 0 Å². The molecule has 3 heterocycles. The molecule has 1 aromatic heterocycles. The number of carbonyl (C=O) groups is 3. The molecule has 0 fully saturated rings. The van der Waals surface area contributed by atoms with Gasteiger partial charge in [0.25, 0.3) is 5.91 Å². The Morgan fingerprint density at radius 3 is 2.52 bits per heavy atom. The number of nitrogens with one attached hydrogen (secondary N) is 2. The minimum atomic E-state index is -4.03. The van der Waals surface area contributed by atoms with Gasteiger partial charge in [-0.2, -0.15) is 4.31 Å². The molecular weight excluding hydrogens is 644 g/mol. The SMILES string of the molecule is CCCc1cccc2c1OCCOCCOCCN(CCCC(=O)NCC(=O)O)S(=O)(=O)c1ccc(cc1)-c1cnc(N)c(n1)C(=O)N2. The molecule has 0 aliphatic carbocycles. The number of aliphatic carboxylic acids is 1. The normalized spacial score (nSPS) is 16.0. The first-order chi connectivity index (χ1) is 23.1. The summed E-state index contributed by atoms with van der Waals surface area (Å²) in [4.78, 5) is 44.8. The summed E-state index contributed by atoms with van der Waals surface area (Å²) in [7, 11) is -4.03. The summed E-state index contributed by atoms with van der Waals surface area (Å²) in [6, 6.07) is 11.4. The molecule has 258 valence electrons. The lowest BCUT2D eigenvalue weighted by atomic mass is 10.1. The van der Waals surface area contributed by atoms with E-state index in [4.69, 9.17) is 25.1 Å². The Balaban J connectivity index is 1.60. The van der Waals surface area contributed by atoms with Crippen molar-refractivity contribution in [2.45, 2.75) is 37.5 Å². The quantitative estimate of drug-likeness (QED) is 0.252. The Kier molecular flexibility index (Phi) is 13.2. The van der Waals surface area contributed by atoms with Crippen LogP contribution in [0.5, 0.6) is 5.75 Å². The molecule has 0 unspecified atom stereocenters. The summed E-state index contributed by atoms with van der Waals surface area (Å²) in [5.41, 5.74) is 8.11. The second-order valence-electron chi connectivity index (χ2n) is 10.8. The molecule has 2 aliphatic heterocycles. The number of carbonyl (C=O) groups excluding carboxylic acids is 2. The molecule has 0 atom stereocenters. The van der Waals surface area contributed by atoms with Crippen molar-refractivity contribution in [3.63, 3.8) is 0 Å². The smallest absolute Gasteiger partial charge is 0.322 e. The van der Waals surface area contributed by atoms with Crippen LogP contribution in [-0.2, 0) is 35.5 Å². The predicted molar refractivity (Wildman–Crippen MR) is 176 cm³/mol. The second kappa shape index (κ2) is 17.5. The van der Waals surface area contributed by atoms with Crippen LogP contribution < -0.4 is 21.1 Å². The van der Waals surface area contributed by atoms with Crippen molar-refractivity contribution in [1.29, 1.82) is 0 Å². The third-order valence-electron chi connectivity index (χ3n) is 7.25. The molecule has 2 amide bonds. The highest BCUT2D eigenvalue weighted by atomic mass is 32.2. The summed E-state index contributed by atoms with van der Waals surface area (Å²) < 4.78 is 45.9. The van der Waals surface area contributed by atoms with Gasteiger partial charge in [-0.15, -0.1) is 0 Å². The monoisotopic (exact) mass is 684 g/mol. The lowest BCUT2D eigenvalue weighted by Crippen LogP contribution is -2.36. The first-order valence-electron chi connectivity index (χ1n) is 15.5. The molecular formula is C32H40N6O9S. The van der Waals surface area contributed by atoms with Crippen molar-refractivity contribution in [2.75, 3.05) is 63.7 Å². The number of rotatable bonds is 8. The van der Waals surface area contributed by atoms with E-state index in [1.165, 1.54) is 22.6 Å². The zero-order chi connectivity index (χ0) is 34.5. The number of ether oxygens (including phenoxy) is 3. The highest BCUT2D eigenvalue weighted by molar-refractivity contribution is 7.89. The third-order valence-corrected chi connectivity index (χ3v) is 9.16. The number of carboxylic acid groups (broad SMARTS) is 1. The summed E-state index contributed by atoms with van der Waals surface area (Å²) in [6.07, 6.45) is 3.07. The molecule has 2 aliphatic rings. The highest BCUT2D eigenvalue weighted by Crippen LogP contribution is 2.31. The highest BCUT2D eigenvalue weighted by Gasteiger charge is 2.25. The summed E-state index contributed by atoms with van der Waals surface area (Å²) in [5, 5.41) is 13.9. The molecule has 2 aromatic carbocycles. The molecule has 48 heavy (non-hydrogen) atoms. The van der Waals surface area contributed by atoms with Crippen molar-refractivity contribution >= 4 is 39.3 Å². The fraction of sp³-hybridized carbons (Fsp3) is 0.406. The Labute approximate surface area is 278 Å². The maximum atomic E-state index is 13.7. The van der Waals surface area contributed by atoms with Gasteiger partial charge in [-0.3, -0.25) is 14.4 Å². The summed E-state index contributed by atoms with van der Waals surface area (Å²) in [5.74, 6) is -1.83. The number of sulfonamides is 1. The van der Waals surface area contributed by atoms with Crippen molar-refractivity contribution in [1.82, 2.24) is 19.6 Å². The molecule has 15 nitrogen and oxygen atoms in total. The van der Waals surface area contributed by atoms with E-state index >= 15 is 0 Å². The topological polar surface area (TPSA) is 212 Å². The van der Waals surface area contributed by atoms with E-state index in [1.807, 2.05) is 19.1 Å². The number of anilines is 2. The number of nitrogen functional groups attached to an aromatic ring is 1. The predicted octanol–water partition coefficient (Wildman–Crippen LogP) is 2.33. The van der Waals surface area contributed by atoms with Gasteiger partial charge in [-0.1, -0.05) is 37.6 Å². The number of nitrogens with two attached hydrogens (primary N) is 1. The first-order valence-corrected chi connectivity index (χ1v) is 17.0. The standard InChI is InChI=1S/C32H40N6O9S/c1-2-5-23-6-3-7-25-30(23)47-19-18-46-17-16-45-15-14-38(13-4-8-27(39)34-21-28(40)41)48(43,44)24-11-9-22(10-12-24)26-20-35-31(33)29(36-26)32(42)37-25/h3,6-7,9-12,20H,2,4-5,8,13-19,21H2,1H3,(H2,33,35)(H,34,39)(H,37,42)(H,40,41). The minimum Gasteiger partial charge on any atom is -0.489 e. The number of amides is 2. The van der Waals surface area contributed by atoms with E-state index in [9.17, 15) is 22.8 Å². The van der Waals surface area contributed by atoms with Crippen LogP contribution in [0.25, 0.3) is 11.3 Å². The fourth-order valence-corrected chi connectivity index (χ4v) is 6.34. The number of hydrogen-bond acceptors (Lipinski definition) is 11. The van der Waals surface area contributed by atoms with E-state index in [2.05, 4.69) is 20.6 Å². The van der Waals surface area contributed by atoms with Crippen molar-refractivity contribution in [3.8, 4) is 17.0 Å². The number of para-hydroxylation sites is 1. The fourth-order valence-electron chi connectivity index (χ4n) is 4.87. The van der Waals surface area contributed by atoms with E-state index in [-0.39, 0.29) is 75.4 Å². The lowest BCUT2D eigenvalue weighted by molar-refractivity contribution is -0.137.